The molecule has 0 atom stereocenters. The number of nitrogens with zero attached hydrogens (tertiary/aromatic N) is 1. The second-order valence-corrected chi connectivity index (χ2v) is 6.20. The molecule has 9 heteroatoms. The molecule has 0 saturated carbocycles. The maximum Gasteiger partial charge on any atom is 0.319 e. The Morgan fingerprint density at radius 3 is 2.55 bits per heavy atom. The van der Waals surface area contributed by atoms with E-state index in [9.17, 15) is 19.2 Å². The minimum absolute atomic E-state index is 0.0562. The van der Waals surface area contributed by atoms with Gasteiger partial charge in [0.1, 0.15) is 6.54 Å². The van der Waals surface area contributed by atoms with Crippen LogP contribution < -0.4 is 20.9 Å². The van der Waals surface area contributed by atoms with Crippen molar-refractivity contribution in [3.8, 4) is 0 Å². The zero-order valence-electron chi connectivity index (χ0n) is 15.5. The van der Waals surface area contributed by atoms with Gasteiger partial charge < -0.3 is 20.7 Å². The average molecular weight is 396 g/mol. The van der Waals surface area contributed by atoms with Gasteiger partial charge in [-0.25, -0.2) is 4.79 Å². The fraction of sp³-hybridized carbons (Fsp3) is 0.200. The van der Waals surface area contributed by atoms with Crippen molar-refractivity contribution in [1.29, 1.82) is 0 Å². The van der Waals surface area contributed by atoms with Crippen molar-refractivity contribution in [3.05, 3.63) is 54.6 Å². The number of carbonyl (C=O) groups excluding carboxylic acids is 4. The molecule has 0 spiro atoms. The van der Waals surface area contributed by atoms with E-state index in [1.54, 1.807) is 48.5 Å². The van der Waals surface area contributed by atoms with Gasteiger partial charge in [0.25, 0.3) is 5.91 Å². The molecule has 4 amide bonds. The van der Waals surface area contributed by atoms with Crippen molar-refractivity contribution < 1.29 is 23.9 Å². The molecule has 1 aliphatic rings. The minimum Gasteiger partial charge on any atom is -0.455 e. The van der Waals surface area contributed by atoms with Crippen molar-refractivity contribution in [2.45, 2.75) is 6.42 Å². The van der Waals surface area contributed by atoms with E-state index in [0.29, 0.717) is 17.1 Å². The molecule has 0 fully saturated rings. The van der Waals surface area contributed by atoms with Crippen LogP contribution in [0, 0.1) is 0 Å². The molecular weight excluding hydrogens is 376 g/mol. The zero-order chi connectivity index (χ0) is 20.6. The summed E-state index contributed by atoms with van der Waals surface area (Å²) in [6, 6.07) is 15.3. The number of benzene rings is 2. The molecule has 150 valence electrons. The van der Waals surface area contributed by atoms with Gasteiger partial charge in [0, 0.05) is 12.2 Å². The van der Waals surface area contributed by atoms with Crippen LogP contribution in [0.25, 0.3) is 0 Å². The molecule has 0 aromatic heterocycles. The highest BCUT2D eigenvalue weighted by atomic mass is 16.5. The van der Waals surface area contributed by atoms with E-state index >= 15 is 0 Å². The highest BCUT2D eigenvalue weighted by Crippen LogP contribution is 2.28. The molecule has 0 saturated heterocycles. The lowest BCUT2D eigenvalue weighted by atomic mass is 10.2. The van der Waals surface area contributed by atoms with E-state index in [2.05, 4.69) is 16.0 Å². The molecule has 2 aromatic carbocycles. The number of carbonyl (C=O) groups is 4. The van der Waals surface area contributed by atoms with Crippen LogP contribution in [0.1, 0.15) is 6.42 Å². The number of urea groups is 1. The Bertz CT molecular complexity index is 916. The molecule has 3 N–H and O–H groups in total. The molecule has 1 heterocycles. The van der Waals surface area contributed by atoms with Crippen LogP contribution in [0.2, 0.25) is 0 Å². The van der Waals surface area contributed by atoms with Gasteiger partial charge in [-0.3, -0.25) is 19.3 Å². The fourth-order valence-corrected chi connectivity index (χ4v) is 2.72. The number of ether oxygens (including phenoxy) is 1. The summed E-state index contributed by atoms with van der Waals surface area (Å²) in [7, 11) is 0. The molecule has 0 radical (unpaired) electrons. The maximum absolute atomic E-state index is 12.4. The molecule has 9 nitrogen and oxygen atoms in total. The maximum atomic E-state index is 12.4. The number of rotatable bonds is 6. The van der Waals surface area contributed by atoms with Gasteiger partial charge in [-0.2, -0.15) is 0 Å². The number of para-hydroxylation sites is 3. The summed E-state index contributed by atoms with van der Waals surface area (Å²) >= 11 is 0. The van der Waals surface area contributed by atoms with E-state index in [1.807, 2.05) is 6.07 Å². The second-order valence-electron chi connectivity index (χ2n) is 6.20. The van der Waals surface area contributed by atoms with E-state index in [0.717, 1.165) is 0 Å². The first kappa shape index (κ1) is 19.9. The van der Waals surface area contributed by atoms with Gasteiger partial charge in [-0.05, 0) is 24.3 Å². The Morgan fingerprint density at radius 2 is 1.76 bits per heavy atom. The highest BCUT2D eigenvalue weighted by molar-refractivity contribution is 6.10. The first-order valence-electron chi connectivity index (χ1n) is 8.97. The molecule has 1 aliphatic heterocycles. The number of amides is 4. The Hall–Kier alpha value is -3.88. The van der Waals surface area contributed by atoms with Crippen LogP contribution in [-0.2, 0) is 19.1 Å². The quantitative estimate of drug-likeness (QED) is 0.643. The van der Waals surface area contributed by atoms with Crippen molar-refractivity contribution in [2.75, 3.05) is 35.2 Å². The molecular formula is C20H20N4O5. The van der Waals surface area contributed by atoms with Crippen LogP contribution >= 0.6 is 0 Å². The Morgan fingerprint density at radius 1 is 1.03 bits per heavy atom. The number of hydrogen-bond acceptors (Lipinski definition) is 5. The number of anilines is 3. The zero-order valence-corrected chi connectivity index (χ0v) is 15.5. The van der Waals surface area contributed by atoms with Gasteiger partial charge in [-0.15, -0.1) is 0 Å². The molecule has 0 aliphatic carbocycles. The standard InChI is InChI=1S/C20H20N4O5/c25-17-12-24(16-9-5-4-8-15(16)23-17)18(26)13-29-19(27)10-11-21-20(28)22-14-6-2-1-3-7-14/h1-9H,10-13H2,(H,23,25)(H2,21,22,28). The normalized spacial score (nSPS) is 12.4. The van der Waals surface area contributed by atoms with Gasteiger partial charge in [-0.1, -0.05) is 30.3 Å². The lowest BCUT2D eigenvalue weighted by molar-refractivity contribution is -0.147. The van der Waals surface area contributed by atoms with Crippen LogP contribution in [0.5, 0.6) is 0 Å². The molecule has 3 rings (SSSR count). The number of nitrogens with one attached hydrogen (secondary N) is 3. The van der Waals surface area contributed by atoms with Crippen LogP contribution in [0.3, 0.4) is 0 Å². The average Bonchev–Trinajstić information content (AvgIpc) is 2.72. The van der Waals surface area contributed by atoms with Crippen LogP contribution in [-0.4, -0.2) is 43.5 Å². The number of esters is 1. The third-order valence-electron chi connectivity index (χ3n) is 4.07. The predicted octanol–water partition coefficient (Wildman–Crippen LogP) is 1.73. The lowest BCUT2D eigenvalue weighted by Crippen LogP contribution is -2.44. The third-order valence-corrected chi connectivity index (χ3v) is 4.07. The molecule has 0 bridgehead atoms. The summed E-state index contributed by atoms with van der Waals surface area (Å²) in [5.41, 5.74) is 1.70. The Kier molecular flexibility index (Phi) is 6.41. The smallest absolute Gasteiger partial charge is 0.319 e. The molecule has 2 aromatic rings. The summed E-state index contributed by atoms with van der Waals surface area (Å²) in [6.07, 6.45) is -0.0907. The first-order chi connectivity index (χ1) is 14.0. The van der Waals surface area contributed by atoms with Crippen molar-refractivity contribution in [3.63, 3.8) is 0 Å². The molecule has 29 heavy (non-hydrogen) atoms. The van der Waals surface area contributed by atoms with Gasteiger partial charge in [0.15, 0.2) is 6.61 Å². The largest absolute Gasteiger partial charge is 0.455 e. The second kappa shape index (κ2) is 9.36. The van der Waals surface area contributed by atoms with E-state index in [4.69, 9.17) is 4.74 Å². The van der Waals surface area contributed by atoms with Gasteiger partial charge in [0.2, 0.25) is 5.91 Å². The summed E-state index contributed by atoms with van der Waals surface area (Å²) in [5.74, 6) is -1.46. The molecule has 0 unspecified atom stereocenters. The Labute approximate surface area is 167 Å². The predicted molar refractivity (Wildman–Crippen MR) is 106 cm³/mol. The summed E-state index contributed by atoms with van der Waals surface area (Å²) in [4.78, 5) is 49.0. The number of hydrogen-bond donors (Lipinski definition) is 3. The van der Waals surface area contributed by atoms with E-state index in [1.165, 1.54) is 4.90 Å². The van der Waals surface area contributed by atoms with E-state index < -0.39 is 24.5 Å². The minimum atomic E-state index is -0.631. The van der Waals surface area contributed by atoms with E-state index in [-0.39, 0.29) is 25.4 Å². The van der Waals surface area contributed by atoms with Crippen LogP contribution in [0.15, 0.2) is 54.6 Å². The van der Waals surface area contributed by atoms with Crippen molar-refractivity contribution in [1.82, 2.24) is 5.32 Å². The van der Waals surface area contributed by atoms with Gasteiger partial charge >= 0.3 is 12.0 Å². The highest BCUT2D eigenvalue weighted by Gasteiger charge is 2.27. The van der Waals surface area contributed by atoms with Crippen molar-refractivity contribution in [2.24, 2.45) is 0 Å². The lowest BCUT2D eigenvalue weighted by Gasteiger charge is -2.28. The topological polar surface area (TPSA) is 117 Å². The number of fused-ring (bicyclic) bond motifs is 1. The summed E-state index contributed by atoms with van der Waals surface area (Å²) in [6.45, 7) is -0.577. The van der Waals surface area contributed by atoms with Gasteiger partial charge in [0.05, 0.1) is 17.8 Å². The summed E-state index contributed by atoms with van der Waals surface area (Å²) in [5, 5.41) is 7.83. The first-order valence-corrected chi connectivity index (χ1v) is 8.97. The summed E-state index contributed by atoms with van der Waals surface area (Å²) < 4.78 is 4.97. The van der Waals surface area contributed by atoms with Crippen molar-refractivity contribution >= 4 is 40.9 Å². The SMILES string of the molecule is O=C1CN(C(=O)COC(=O)CCNC(=O)Nc2ccccc2)c2ccccc2N1. The van der Waals surface area contributed by atoms with Crippen LogP contribution in [0.4, 0.5) is 21.9 Å². The third kappa shape index (κ3) is 5.55. The fourth-order valence-electron chi connectivity index (χ4n) is 2.72. The Balaban J connectivity index is 1.41. The monoisotopic (exact) mass is 396 g/mol.